The van der Waals surface area contributed by atoms with Crippen LogP contribution in [0.25, 0.3) is 0 Å². The van der Waals surface area contributed by atoms with Gasteiger partial charge in [-0.05, 0) is 31.4 Å². The van der Waals surface area contributed by atoms with Crippen LogP contribution in [-0.2, 0) is 4.79 Å². The van der Waals surface area contributed by atoms with Crippen LogP contribution in [0.5, 0.6) is 5.75 Å². The highest BCUT2D eigenvalue weighted by atomic mass is 16.5. The number of ether oxygens (including phenoxy) is 1. The van der Waals surface area contributed by atoms with Crippen LogP contribution in [0.4, 0.5) is 5.69 Å². The first kappa shape index (κ1) is 13.6. The van der Waals surface area contributed by atoms with E-state index in [1.807, 2.05) is 24.3 Å². The number of carbonyl (C=O) groups is 1. The van der Waals surface area contributed by atoms with Crippen LogP contribution in [-0.4, -0.2) is 19.1 Å². The van der Waals surface area contributed by atoms with Crippen molar-refractivity contribution in [2.24, 2.45) is 11.7 Å². The van der Waals surface area contributed by atoms with E-state index < -0.39 is 0 Å². The van der Waals surface area contributed by atoms with Crippen LogP contribution in [0.2, 0.25) is 0 Å². The van der Waals surface area contributed by atoms with Crippen LogP contribution in [0, 0.1) is 5.92 Å². The maximum Gasteiger partial charge on any atom is 0.227 e. The SMILES string of the molecule is NCCOc1cccc(NC(=O)C2CC=CCC2)c1. The molecule has 3 N–H and O–H groups in total. The Bertz CT molecular complexity index is 457. The van der Waals surface area contributed by atoms with E-state index in [2.05, 4.69) is 17.5 Å². The molecule has 0 aromatic heterocycles. The van der Waals surface area contributed by atoms with Gasteiger partial charge in [-0.15, -0.1) is 0 Å². The first-order chi connectivity index (χ1) is 9.29. The van der Waals surface area contributed by atoms with Crippen molar-refractivity contribution in [3.63, 3.8) is 0 Å². The third-order valence-electron chi connectivity index (χ3n) is 3.13. The predicted octanol–water partition coefficient (Wildman–Crippen LogP) is 2.32. The molecule has 1 aliphatic rings. The Hall–Kier alpha value is -1.81. The number of carbonyl (C=O) groups excluding carboxylic acids is 1. The van der Waals surface area contributed by atoms with Gasteiger partial charge in [0.05, 0.1) is 0 Å². The van der Waals surface area contributed by atoms with Gasteiger partial charge < -0.3 is 15.8 Å². The summed E-state index contributed by atoms with van der Waals surface area (Å²) in [5.74, 6) is 0.894. The Morgan fingerprint density at radius 2 is 2.32 bits per heavy atom. The summed E-state index contributed by atoms with van der Waals surface area (Å²) < 4.78 is 5.44. The monoisotopic (exact) mass is 260 g/mol. The molecular formula is C15H20N2O2. The van der Waals surface area contributed by atoms with Crippen molar-refractivity contribution in [1.29, 1.82) is 0 Å². The summed E-state index contributed by atoms with van der Waals surface area (Å²) in [4.78, 5) is 12.1. The van der Waals surface area contributed by atoms with Crippen LogP contribution >= 0.6 is 0 Å². The number of hydrogen-bond donors (Lipinski definition) is 2. The molecule has 1 amide bonds. The molecule has 0 bridgehead atoms. The third kappa shape index (κ3) is 4.10. The second-order valence-electron chi connectivity index (χ2n) is 4.64. The van der Waals surface area contributed by atoms with Crippen molar-refractivity contribution in [1.82, 2.24) is 0 Å². The molecule has 1 aromatic rings. The maximum atomic E-state index is 12.1. The van der Waals surface area contributed by atoms with E-state index in [-0.39, 0.29) is 11.8 Å². The lowest BCUT2D eigenvalue weighted by Crippen LogP contribution is -2.23. The minimum absolute atomic E-state index is 0.0821. The molecular weight excluding hydrogens is 240 g/mol. The van der Waals surface area contributed by atoms with Crippen molar-refractivity contribution in [2.75, 3.05) is 18.5 Å². The minimum Gasteiger partial charge on any atom is -0.492 e. The average molecular weight is 260 g/mol. The summed E-state index contributed by atoms with van der Waals surface area (Å²) in [7, 11) is 0. The van der Waals surface area contributed by atoms with E-state index in [1.54, 1.807) is 0 Å². The average Bonchev–Trinajstić information content (AvgIpc) is 2.46. The molecule has 102 valence electrons. The second-order valence-corrected chi connectivity index (χ2v) is 4.64. The van der Waals surface area contributed by atoms with Crippen molar-refractivity contribution in [3.05, 3.63) is 36.4 Å². The van der Waals surface area contributed by atoms with E-state index in [0.29, 0.717) is 13.2 Å². The van der Waals surface area contributed by atoms with Crippen LogP contribution in [0.1, 0.15) is 19.3 Å². The number of nitrogens with one attached hydrogen (secondary N) is 1. The standard InChI is InChI=1S/C15H20N2O2/c16-9-10-19-14-8-4-7-13(11-14)17-15(18)12-5-2-1-3-6-12/h1-2,4,7-8,11-12H,3,5-6,9-10,16H2,(H,17,18). The van der Waals surface area contributed by atoms with Gasteiger partial charge in [0.15, 0.2) is 0 Å². The lowest BCUT2D eigenvalue weighted by molar-refractivity contribution is -0.120. The number of benzene rings is 1. The minimum atomic E-state index is 0.0821. The van der Waals surface area contributed by atoms with E-state index >= 15 is 0 Å². The Morgan fingerprint density at radius 1 is 1.42 bits per heavy atom. The molecule has 1 atom stereocenters. The topological polar surface area (TPSA) is 64.3 Å². The number of hydrogen-bond acceptors (Lipinski definition) is 3. The first-order valence-corrected chi connectivity index (χ1v) is 6.68. The highest BCUT2D eigenvalue weighted by molar-refractivity contribution is 5.92. The molecule has 2 rings (SSSR count). The predicted molar refractivity (Wildman–Crippen MR) is 76.1 cm³/mol. The quantitative estimate of drug-likeness (QED) is 0.798. The van der Waals surface area contributed by atoms with E-state index in [0.717, 1.165) is 30.7 Å². The van der Waals surface area contributed by atoms with Gasteiger partial charge in [0.25, 0.3) is 0 Å². The Morgan fingerprint density at radius 3 is 3.05 bits per heavy atom. The third-order valence-corrected chi connectivity index (χ3v) is 3.13. The normalized spacial score (nSPS) is 18.1. The van der Waals surface area contributed by atoms with Gasteiger partial charge in [-0.25, -0.2) is 0 Å². The molecule has 19 heavy (non-hydrogen) atoms. The van der Waals surface area contributed by atoms with Crippen LogP contribution in [0.15, 0.2) is 36.4 Å². The molecule has 0 radical (unpaired) electrons. The van der Waals surface area contributed by atoms with E-state index in [4.69, 9.17) is 10.5 Å². The van der Waals surface area contributed by atoms with Crippen LogP contribution in [0.3, 0.4) is 0 Å². The molecule has 4 nitrogen and oxygen atoms in total. The van der Waals surface area contributed by atoms with E-state index in [1.165, 1.54) is 0 Å². The molecule has 1 aromatic carbocycles. The van der Waals surface area contributed by atoms with Crippen molar-refractivity contribution >= 4 is 11.6 Å². The number of rotatable bonds is 5. The highest BCUT2D eigenvalue weighted by Crippen LogP contribution is 2.22. The van der Waals surface area contributed by atoms with Gasteiger partial charge in [0.1, 0.15) is 12.4 Å². The zero-order valence-corrected chi connectivity index (χ0v) is 11.0. The van der Waals surface area contributed by atoms with Gasteiger partial charge in [-0.2, -0.15) is 0 Å². The summed E-state index contributed by atoms with van der Waals surface area (Å²) in [5, 5.41) is 2.94. The zero-order chi connectivity index (χ0) is 13.5. The summed E-state index contributed by atoms with van der Waals surface area (Å²) in [6.45, 7) is 0.954. The molecule has 0 spiro atoms. The first-order valence-electron chi connectivity index (χ1n) is 6.68. The fourth-order valence-electron chi connectivity index (χ4n) is 2.12. The fraction of sp³-hybridized carbons (Fsp3) is 0.400. The Labute approximate surface area is 113 Å². The fourth-order valence-corrected chi connectivity index (χ4v) is 2.12. The zero-order valence-electron chi connectivity index (χ0n) is 11.0. The van der Waals surface area contributed by atoms with Gasteiger partial charge in [-0.3, -0.25) is 4.79 Å². The van der Waals surface area contributed by atoms with E-state index in [9.17, 15) is 4.79 Å². The number of allylic oxidation sites excluding steroid dienone is 2. The molecule has 0 aliphatic heterocycles. The van der Waals surface area contributed by atoms with Crippen LogP contribution < -0.4 is 15.8 Å². The molecule has 1 unspecified atom stereocenters. The molecule has 4 heteroatoms. The largest absolute Gasteiger partial charge is 0.492 e. The maximum absolute atomic E-state index is 12.1. The molecule has 0 heterocycles. The van der Waals surface area contributed by atoms with Gasteiger partial charge in [0, 0.05) is 24.2 Å². The Balaban J connectivity index is 1.94. The van der Waals surface area contributed by atoms with Gasteiger partial charge in [0.2, 0.25) is 5.91 Å². The summed E-state index contributed by atoms with van der Waals surface area (Å²) in [6.07, 6.45) is 6.94. The lowest BCUT2D eigenvalue weighted by Gasteiger charge is -2.17. The molecule has 0 saturated carbocycles. The second kappa shape index (κ2) is 6.95. The number of anilines is 1. The molecule has 0 saturated heterocycles. The van der Waals surface area contributed by atoms with Crippen molar-refractivity contribution in [3.8, 4) is 5.75 Å². The molecule has 1 aliphatic carbocycles. The summed E-state index contributed by atoms with van der Waals surface area (Å²) in [5.41, 5.74) is 6.16. The summed E-state index contributed by atoms with van der Waals surface area (Å²) >= 11 is 0. The number of amides is 1. The smallest absolute Gasteiger partial charge is 0.227 e. The van der Waals surface area contributed by atoms with Gasteiger partial charge >= 0.3 is 0 Å². The lowest BCUT2D eigenvalue weighted by atomic mass is 9.93. The molecule has 0 fully saturated rings. The summed E-state index contributed by atoms with van der Waals surface area (Å²) in [6, 6.07) is 7.41. The van der Waals surface area contributed by atoms with Crippen molar-refractivity contribution < 1.29 is 9.53 Å². The van der Waals surface area contributed by atoms with Gasteiger partial charge in [-0.1, -0.05) is 18.2 Å². The van der Waals surface area contributed by atoms with Crippen molar-refractivity contribution in [2.45, 2.75) is 19.3 Å². The number of nitrogens with two attached hydrogens (primary N) is 1. The Kier molecular flexibility index (Phi) is 4.98. The highest BCUT2D eigenvalue weighted by Gasteiger charge is 2.18.